The van der Waals surface area contributed by atoms with Crippen molar-refractivity contribution < 1.29 is 0 Å². The maximum atomic E-state index is 6.13. The third-order valence-corrected chi connectivity index (χ3v) is 5.53. The highest BCUT2D eigenvalue weighted by atomic mass is 15.2. The number of piperidine rings is 1. The number of hydrogen-bond donors (Lipinski definition) is 1. The monoisotopic (exact) mass is 286 g/mol. The molecule has 1 heterocycles. The van der Waals surface area contributed by atoms with Crippen molar-refractivity contribution >= 4 is 0 Å². The molecule has 0 bridgehead atoms. The first-order valence-corrected chi connectivity index (χ1v) is 8.73. The van der Waals surface area contributed by atoms with E-state index in [-0.39, 0.29) is 0 Å². The van der Waals surface area contributed by atoms with Crippen LogP contribution in [0.15, 0.2) is 24.3 Å². The maximum absolute atomic E-state index is 6.13. The minimum atomic E-state index is 0.414. The highest BCUT2D eigenvalue weighted by molar-refractivity contribution is 5.31. The Labute approximate surface area is 129 Å². The molecule has 1 unspecified atom stereocenters. The van der Waals surface area contributed by atoms with Crippen molar-refractivity contribution in [3.8, 4) is 0 Å². The predicted molar refractivity (Wildman–Crippen MR) is 89.3 cm³/mol. The molecular weight excluding hydrogens is 256 g/mol. The number of nitrogens with zero attached hydrogens (tertiary/aromatic N) is 1. The highest BCUT2D eigenvalue weighted by Gasteiger charge is 2.28. The van der Waals surface area contributed by atoms with Crippen LogP contribution in [0.25, 0.3) is 0 Å². The van der Waals surface area contributed by atoms with Gasteiger partial charge in [0.05, 0.1) is 0 Å². The number of likely N-dealkylation sites (tertiary alicyclic amines) is 1. The van der Waals surface area contributed by atoms with Crippen LogP contribution in [-0.2, 0) is 0 Å². The fraction of sp³-hybridized carbons (Fsp3) is 0.684. The summed E-state index contributed by atoms with van der Waals surface area (Å²) >= 11 is 0. The summed E-state index contributed by atoms with van der Waals surface area (Å²) in [5.41, 5.74) is 9.10. The Hall–Kier alpha value is -0.860. The molecule has 3 rings (SSSR count). The molecule has 0 radical (unpaired) electrons. The second-order valence-corrected chi connectivity index (χ2v) is 7.31. The Morgan fingerprint density at radius 1 is 1.14 bits per heavy atom. The van der Waals surface area contributed by atoms with Gasteiger partial charge in [0.25, 0.3) is 0 Å². The van der Waals surface area contributed by atoms with E-state index in [0.717, 1.165) is 24.3 Å². The summed E-state index contributed by atoms with van der Waals surface area (Å²) in [6.45, 7) is 7.87. The Morgan fingerprint density at radius 2 is 1.86 bits per heavy atom. The lowest BCUT2D eigenvalue weighted by Crippen LogP contribution is -2.40. The average molecular weight is 286 g/mol. The predicted octanol–water partition coefficient (Wildman–Crippen LogP) is 3.93. The number of hydrogen-bond acceptors (Lipinski definition) is 2. The van der Waals surface area contributed by atoms with E-state index in [1.54, 1.807) is 0 Å². The zero-order valence-electron chi connectivity index (χ0n) is 13.6. The zero-order chi connectivity index (χ0) is 14.8. The Kier molecular flexibility index (Phi) is 4.66. The van der Waals surface area contributed by atoms with Gasteiger partial charge >= 0.3 is 0 Å². The Bertz CT molecular complexity index is 456. The molecule has 2 nitrogen and oxygen atoms in total. The third kappa shape index (κ3) is 3.49. The van der Waals surface area contributed by atoms with Gasteiger partial charge in [-0.05, 0) is 67.7 Å². The van der Waals surface area contributed by atoms with Crippen LogP contribution < -0.4 is 5.73 Å². The van der Waals surface area contributed by atoms with Crippen LogP contribution in [0.5, 0.6) is 0 Å². The quantitative estimate of drug-likeness (QED) is 0.888. The molecule has 116 valence electrons. The van der Waals surface area contributed by atoms with Gasteiger partial charge in [-0.2, -0.15) is 0 Å². The first-order valence-electron chi connectivity index (χ1n) is 8.73. The third-order valence-electron chi connectivity index (χ3n) is 5.53. The number of nitrogens with two attached hydrogens (primary N) is 1. The smallest absolute Gasteiger partial charge is 0.0470 e. The highest BCUT2D eigenvalue weighted by Crippen LogP contribution is 2.41. The number of benzene rings is 1. The Morgan fingerprint density at radius 3 is 2.43 bits per heavy atom. The lowest BCUT2D eigenvalue weighted by atomic mass is 9.85. The van der Waals surface area contributed by atoms with Crippen molar-refractivity contribution in [2.75, 3.05) is 19.6 Å². The summed E-state index contributed by atoms with van der Waals surface area (Å²) in [4.78, 5) is 2.62. The molecule has 2 N–H and O–H groups in total. The summed E-state index contributed by atoms with van der Waals surface area (Å²) < 4.78 is 0. The SMILES string of the molecule is CC(C)C1CCN(C(CN)c2cccc(C3CC3)c2)CC1. The van der Waals surface area contributed by atoms with E-state index >= 15 is 0 Å². The molecule has 1 aromatic carbocycles. The van der Waals surface area contributed by atoms with Crippen LogP contribution in [0.1, 0.15) is 62.6 Å². The fourth-order valence-corrected chi connectivity index (χ4v) is 3.83. The number of rotatable bonds is 5. The van der Waals surface area contributed by atoms with E-state index in [9.17, 15) is 0 Å². The zero-order valence-corrected chi connectivity index (χ0v) is 13.6. The second-order valence-electron chi connectivity index (χ2n) is 7.31. The lowest BCUT2D eigenvalue weighted by Gasteiger charge is -2.38. The Balaban J connectivity index is 1.69. The van der Waals surface area contributed by atoms with E-state index in [0.29, 0.717) is 6.04 Å². The minimum Gasteiger partial charge on any atom is -0.329 e. The van der Waals surface area contributed by atoms with Crippen molar-refractivity contribution in [2.45, 2.75) is 51.5 Å². The summed E-state index contributed by atoms with van der Waals surface area (Å²) in [5.74, 6) is 2.55. The molecule has 2 heteroatoms. The van der Waals surface area contributed by atoms with E-state index in [1.807, 2.05) is 0 Å². The molecule has 0 amide bonds. The van der Waals surface area contributed by atoms with Crippen LogP contribution in [0, 0.1) is 11.8 Å². The molecular formula is C19H30N2. The van der Waals surface area contributed by atoms with Gasteiger partial charge in [0.2, 0.25) is 0 Å². The molecule has 2 fully saturated rings. The van der Waals surface area contributed by atoms with Crippen LogP contribution in [-0.4, -0.2) is 24.5 Å². The van der Waals surface area contributed by atoms with Crippen molar-refractivity contribution in [3.05, 3.63) is 35.4 Å². The summed E-state index contributed by atoms with van der Waals surface area (Å²) in [6.07, 6.45) is 5.40. The van der Waals surface area contributed by atoms with Crippen LogP contribution in [0.3, 0.4) is 0 Å². The normalized spacial score (nSPS) is 22.7. The van der Waals surface area contributed by atoms with Crippen LogP contribution in [0.4, 0.5) is 0 Å². The van der Waals surface area contributed by atoms with E-state index in [4.69, 9.17) is 5.73 Å². The molecule has 1 atom stereocenters. The van der Waals surface area contributed by atoms with Crippen LogP contribution in [0.2, 0.25) is 0 Å². The van der Waals surface area contributed by atoms with Gasteiger partial charge in [-0.3, -0.25) is 4.90 Å². The molecule has 1 aliphatic carbocycles. The molecule has 2 aliphatic rings. The lowest BCUT2D eigenvalue weighted by molar-refractivity contribution is 0.117. The van der Waals surface area contributed by atoms with Crippen molar-refractivity contribution in [3.63, 3.8) is 0 Å². The van der Waals surface area contributed by atoms with Gasteiger partial charge in [0, 0.05) is 12.6 Å². The maximum Gasteiger partial charge on any atom is 0.0470 e. The van der Waals surface area contributed by atoms with Crippen molar-refractivity contribution in [1.29, 1.82) is 0 Å². The molecule has 0 spiro atoms. The summed E-state index contributed by atoms with van der Waals surface area (Å²) in [5, 5.41) is 0. The van der Waals surface area contributed by atoms with Gasteiger partial charge in [0.1, 0.15) is 0 Å². The topological polar surface area (TPSA) is 29.3 Å². The average Bonchev–Trinajstić information content (AvgIpc) is 3.34. The van der Waals surface area contributed by atoms with Crippen LogP contribution >= 0.6 is 0 Å². The first-order chi connectivity index (χ1) is 10.2. The van der Waals surface area contributed by atoms with E-state index in [1.165, 1.54) is 49.9 Å². The largest absolute Gasteiger partial charge is 0.329 e. The van der Waals surface area contributed by atoms with Gasteiger partial charge in [-0.15, -0.1) is 0 Å². The van der Waals surface area contributed by atoms with Gasteiger partial charge in [0.15, 0.2) is 0 Å². The van der Waals surface area contributed by atoms with Gasteiger partial charge in [-0.1, -0.05) is 38.1 Å². The molecule has 1 saturated carbocycles. The molecule has 1 aliphatic heterocycles. The fourth-order valence-electron chi connectivity index (χ4n) is 3.83. The van der Waals surface area contributed by atoms with Crippen molar-refractivity contribution in [2.24, 2.45) is 17.6 Å². The van der Waals surface area contributed by atoms with E-state index < -0.39 is 0 Å². The van der Waals surface area contributed by atoms with E-state index in [2.05, 4.69) is 43.0 Å². The molecule has 21 heavy (non-hydrogen) atoms. The molecule has 1 saturated heterocycles. The standard InChI is InChI=1S/C19H30N2/c1-14(2)15-8-10-21(11-9-15)19(13-20)18-5-3-4-17(12-18)16-6-7-16/h3-5,12,14-16,19H,6-11,13,20H2,1-2H3. The second kappa shape index (κ2) is 6.50. The molecule has 0 aromatic heterocycles. The van der Waals surface area contributed by atoms with Gasteiger partial charge in [-0.25, -0.2) is 0 Å². The summed E-state index contributed by atoms with van der Waals surface area (Å²) in [7, 11) is 0. The first kappa shape index (κ1) is 15.1. The van der Waals surface area contributed by atoms with Crippen molar-refractivity contribution in [1.82, 2.24) is 4.90 Å². The minimum absolute atomic E-state index is 0.414. The molecule has 1 aromatic rings. The van der Waals surface area contributed by atoms with Gasteiger partial charge < -0.3 is 5.73 Å². The summed E-state index contributed by atoms with van der Waals surface area (Å²) in [6, 6.07) is 9.63.